The summed E-state index contributed by atoms with van der Waals surface area (Å²) in [4.78, 5) is 18.4. The summed E-state index contributed by atoms with van der Waals surface area (Å²) >= 11 is 0. The molecule has 1 fully saturated rings. The van der Waals surface area contributed by atoms with Gasteiger partial charge in [-0.25, -0.2) is 9.37 Å². The van der Waals surface area contributed by atoms with E-state index < -0.39 is 5.82 Å². The summed E-state index contributed by atoms with van der Waals surface area (Å²) in [6.45, 7) is 1.99. The van der Waals surface area contributed by atoms with Crippen LogP contribution in [-0.4, -0.2) is 38.0 Å². The molecule has 2 N–H and O–H groups in total. The number of aryl methyl sites for hydroxylation is 1. The number of pyridine rings is 1. The maximum absolute atomic E-state index is 14.4. The summed E-state index contributed by atoms with van der Waals surface area (Å²) in [5.41, 5.74) is 1.34. The average molecular weight is 380 g/mol. The normalized spacial score (nSPS) is 18.8. The highest BCUT2D eigenvalue weighted by atomic mass is 19.1. The number of hydrogen-bond donors (Lipinski definition) is 2. The largest absolute Gasteiger partial charge is 0.365 e. The SMILES string of the molecule is Cc1ccc(N[C@H]2CCC[C@@H]2NC(=O)c2cccc(F)c2-n2nccn2)nc1. The van der Waals surface area contributed by atoms with Crippen LogP contribution in [0.1, 0.15) is 35.2 Å². The first-order valence-corrected chi connectivity index (χ1v) is 9.27. The molecule has 0 aliphatic heterocycles. The third-order valence-corrected chi connectivity index (χ3v) is 4.93. The van der Waals surface area contributed by atoms with E-state index in [-0.39, 0.29) is 29.2 Å². The molecule has 1 aliphatic rings. The zero-order valence-electron chi connectivity index (χ0n) is 15.5. The summed E-state index contributed by atoms with van der Waals surface area (Å²) < 4.78 is 14.4. The number of aromatic nitrogens is 4. The molecule has 0 radical (unpaired) electrons. The van der Waals surface area contributed by atoms with Crippen LogP contribution >= 0.6 is 0 Å². The van der Waals surface area contributed by atoms with Gasteiger partial charge in [0.15, 0.2) is 5.82 Å². The molecule has 8 heteroatoms. The summed E-state index contributed by atoms with van der Waals surface area (Å²) in [5, 5.41) is 14.4. The van der Waals surface area contributed by atoms with Crippen molar-refractivity contribution in [3.05, 3.63) is 65.9 Å². The lowest BCUT2D eigenvalue weighted by Gasteiger charge is -2.23. The maximum atomic E-state index is 14.4. The minimum absolute atomic E-state index is 0.0488. The fraction of sp³-hybridized carbons (Fsp3) is 0.300. The minimum Gasteiger partial charge on any atom is -0.365 e. The van der Waals surface area contributed by atoms with Gasteiger partial charge in [0.25, 0.3) is 5.91 Å². The van der Waals surface area contributed by atoms with E-state index in [4.69, 9.17) is 0 Å². The topological polar surface area (TPSA) is 84.7 Å². The fourth-order valence-electron chi connectivity index (χ4n) is 3.53. The molecule has 1 aliphatic carbocycles. The van der Waals surface area contributed by atoms with E-state index in [2.05, 4.69) is 25.8 Å². The Morgan fingerprint density at radius 2 is 1.93 bits per heavy atom. The van der Waals surface area contributed by atoms with Crippen LogP contribution in [0.2, 0.25) is 0 Å². The van der Waals surface area contributed by atoms with E-state index in [9.17, 15) is 9.18 Å². The Hall–Kier alpha value is -3.29. The first-order chi connectivity index (χ1) is 13.6. The third-order valence-electron chi connectivity index (χ3n) is 4.93. The maximum Gasteiger partial charge on any atom is 0.253 e. The number of rotatable bonds is 5. The van der Waals surface area contributed by atoms with Gasteiger partial charge in [0.1, 0.15) is 11.5 Å². The molecule has 0 bridgehead atoms. The van der Waals surface area contributed by atoms with Gasteiger partial charge in [0.2, 0.25) is 0 Å². The van der Waals surface area contributed by atoms with Crippen molar-refractivity contribution in [1.82, 2.24) is 25.3 Å². The first-order valence-electron chi connectivity index (χ1n) is 9.27. The zero-order valence-corrected chi connectivity index (χ0v) is 15.5. The van der Waals surface area contributed by atoms with Gasteiger partial charge in [0, 0.05) is 18.3 Å². The van der Waals surface area contributed by atoms with Crippen molar-refractivity contribution < 1.29 is 9.18 Å². The molecule has 2 atom stereocenters. The molecule has 7 nitrogen and oxygen atoms in total. The van der Waals surface area contributed by atoms with E-state index in [1.165, 1.54) is 24.5 Å². The van der Waals surface area contributed by atoms with Crippen LogP contribution in [0.25, 0.3) is 5.69 Å². The second kappa shape index (κ2) is 7.75. The fourth-order valence-corrected chi connectivity index (χ4v) is 3.53. The van der Waals surface area contributed by atoms with Gasteiger partial charge >= 0.3 is 0 Å². The molecule has 2 aromatic heterocycles. The number of halogens is 1. The second-order valence-electron chi connectivity index (χ2n) is 6.94. The highest BCUT2D eigenvalue weighted by molar-refractivity contribution is 5.98. The van der Waals surface area contributed by atoms with Gasteiger partial charge in [-0.3, -0.25) is 4.79 Å². The number of carbonyl (C=O) groups is 1. The predicted molar refractivity (Wildman–Crippen MR) is 103 cm³/mol. The van der Waals surface area contributed by atoms with Crippen molar-refractivity contribution in [3.8, 4) is 5.69 Å². The number of nitrogens with zero attached hydrogens (tertiary/aromatic N) is 4. The van der Waals surface area contributed by atoms with Gasteiger partial charge in [-0.05, 0) is 49.9 Å². The molecular weight excluding hydrogens is 359 g/mol. The Labute approximate surface area is 162 Å². The number of anilines is 1. The lowest BCUT2D eigenvalue weighted by Crippen LogP contribution is -2.43. The standard InChI is InChI=1S/C20H21FN6O/c1-13-8-9-18(22-12-13)25-16-6-3-7-17(16)26-20(28)14-4-2-5-15(21)19(14)27-23-10-11-24-27/h2,4-5,8-12,16-17H,3,6-7H2,1H3,(H,22,25)(H,26,28)/t16-,17-/m0/s1. The average Bonchev–Trinajstić information content (AvgIpc) is 3.36. The van der Waals surface area contributed by atoms with Crippen LogP contribution in [0.15, 0.2) is 48.9 Å². The molecule has 0 unspecified atom stereocenters. The van der Waals surface area contributed by atoms with Crippen molar-refractivity contribution in [2.45, 2.75) is 38.3 Å². The van der Waals surface area contributed by atoms with Crippen LogP contribution in [0.5, 0.6) is 0 Å². The summed E-state index contributed by atoms with van der Waals surface area (Å²) in [7, 11) is 0. The van der Waals surface area contributed by atoms with Crippen LogP contribution < -0.4 is 10.6 Å². The predicted octanol–water partition coefficient (Wildman–Crippen LogP) is 2.87. The van der Waals surface area contributed by atoms with Crippen molar-refractivity contribution in [1.29, 1.82) is 0 Å². The third kappa shape index (κ3) is 3.71. The molecule has 144 valence electrons. The van der Waals surface area contributed by atoms with Gasteiger partial charge < -0.3 is 10.6 Å². The molecular formula is C20H21FN6O. The number of hydrogen-bond acceptors (Lipinski definition) is 5. The quantitative estimate of drug-likeness (QED) is 0.711. The Morgan fingerprint density at radius 3 is 2.68 bits per heavy atom. The van der Waals surface area contributed by atoms with E-state index in [0.29, 0.717) is 0 Å². The van der Waals surface area contributed by atoms with Crippen molar-refractivity contribution in [2.75, 3.05) is 5.32 Å². The molecule has 4 rings (SSSR count). The molecule has 3 aromatic rings. The highest BCUT2D eigenvalue weighted by Crippen LogP contribution is 2.24. The van der Waals surface area contributed by atoms with E-state index in [0.717, 1.165) is 35.4 Å². The lowest BCUT2D eigenvalue weighted by molar-refractivity contribution is 0.0935. The highest BCUT2D eigenvalue weighted by Gasteiger charge is 2.30. The zero-order chi connectivity index (χ0) is 19.5. The molecule has 28 heavy (non-hydrogen) atoms. The number of para-hydroxylation sites is 1. The van der Waals surface area contributed by atoms with Crippen molar-refractivity contribution >= 4 is 11.7 Å². The van der Waals surface area contributed by atoms with Crippen LogP contribution in [0.3, 0.4) is 0 Å². The van der Waals surface area contributed by atoms with Gasteiger partial charge in [-0.15, -0.1) is 4.80 Å². The molecule has 2 heterocycles. The monoisotopic (exact) mass is 380 g/mol. The molecule has 0 spiro atoms. The second-order valence-corrected chi connectivity index (χ2v) is 6.94. The lowest BCUT2D eigenvalue weighted by atomic mass is 10.1. The Kier molecular flexibility index (Phi) is 5.01. The number of carbonyl (C=O) groups excluding carboxylic acids is 1. The van der Waals surface area contributed by atoms with E-state index >= 15 is 0 Å². The Bertz CT molecular complexity index is 957. The van der Waals surface area contributed by atoms with Crippen LogP contribution in [-0.2, 0) is 0 Å². The van der Waals surface area contributed by atoms with Gasteiger partial charge in [-0.2, -0.15) is 10.2 Å². The number of benzene rings is 1. The molecule has 1 aromatic carbocycles. The summed E-state index contributed by atoms with van der Waals surface area (Å²) in [5.74, 6) is -0.111. The van der Waals surface area contributed by atoms with Crippen LogP contribution in [0, 0.1) is 12.7 Å². The van der Waals surface area contributed by atoms with E-state index in [1.807, 2.05) is 19.1 Å². The van der Waals surface area contributed by atoms with E-state index in [1.54, 1.807) is 12.3 Å². The molecule has 0 saturated heterocycles. The Balaban J connectivity index is 1.52. The summed E-state index contributed by atoms with van der Waals surface area (Å²) in [6.07, 6.45) is 7.46. The van der Waals surface area contributed by atoms with Crippen molar-refractivity contribution in [2.24, 2.45) is 0 Å². The minimum atomic E-state index is -0.547. The summed E-state index contributed by atoms with van der Waals surface area (Å²) in [6, 6.07) is 8.30. The first kappa shape index (κ1) is 18.1. The molecule has 1 saturated carbocycles. The van der Waals surface area contributed by atoms with Crippen LogP contribution in [0.4, 0.5) is 10.2 Å². The van der Waals surface area contributed by atoms with Gasteiger partial charge in [0.05, 0.1) is 18.0 Å². The molecule has 1 amide bonds. The van der Waals surface area contributed by atoms with Gasteiger partial charge in [-0.1, -0.05) is 12.1 Å². The van der Waals surface area contributed by atoms with Crippen molar-refractivity contribution in [3.63, 3.8) is 0 Å². The number of amides is 1. The smallest absolute Gasteiger partial charge is 0.253 e. The Morgan fingerprint density at radius 1 is 1.14 bits per heavy atom. The number of nitrogens with one attached hydrogen (secondary N) is 2.